The summed E-state index contributed by atoms with van der Waals surface area (Å²) in [6.45, 7) is 3.91. The topological polar surface area (TPSA) is 96.9 Å². The lowest BCUT2D eigenvalue weighted by Gasteiger charge is -2.35. The fourth-order valence-electron chi connectivity index (χ4n) is 4.07. The van der Waals surface area contributed by atoms with E-state index in [4.69, 9.17) is 9.47 Å². The van der Waals surface area contributed by atoms with Crippen molar-refractivity contribution >= 4 is 50.2 Å². The van der Waals surface area contributed by atoms with Crippen molar-refractivity contribution in [2.45, 2.75) is 25.9 Å². The highest BCUT2D eigenvalue weighted by atomic mass is 32.1. The van der Waals surface area contributed by atoms with Crippen molar-refractivity contribution in [2.24, 2.45) is 0 Å². The van der Waals surface area contributed by atoms with Gasteiger partial charge in [-0.3, -0.25) is 9.69 Å². The molecule has 9 nitrogen and oxygen atoms in total. The number of carbonyl (C=O) groups is 2. The highest BCUT2D eigenvalue weighted by molar-refractivity contribution is 7.22. The molecule has 2 aliphatic rings. The summed E-state index contributed by atoms with van der Waals surface area (Å²) in [5.41, 5.74) is 3.41. The minimum Gasteiger partial charge on any atom is -0.446 e. The lowest BCUT2D eigenvalue weighted by atomic mass is 10.1. The predicted molar refractivity (Wildman–Crippen MR) is 128 cm³/mol. The Kier molecular flexibility index (Phi) is 5.86. The van der Waals surface area contributed by atoms with E-state index in [2.05, 4.69) is 15.3 Å². The third kappa shape index (κ3) is 4.49. The van der Waals surface area contributed by atoms with Crippen molar-refractivity contribution in [3.8, 4) is 11.1 Å². The number of aromatic nitrogens is 2. The van der Waals surface area contributed by atoms with E-state index in [0.717, 1.165) is 45.7 Å². The molecule has 2 amide bonds. The summed E-state index contributed by atoms with van der Waals surface area (Å²) in [6.07, 6.45) is 2.81. The molecular weight excluding hydrogens is 442 g/mol. The lowest BCUT2D eigenvalue weighted by molar-refractivity contribution is -0.114. The molecule has 10 heteroatoms. The molecule has 0 atom stereocenters. The Labute approximate surface area is 195 Å². The number of hydrogen-bond acceptors (Lipinski definition) is 8. The van der Waals surface area contributed by atoms with Crippen molar-refractivity contribution < 1.29 is 19.1 Å². The minimum absolute atomic E-state index is 0.114. The number of nitrogens with zero attached hydrogens (tertiary/aromatic N) is 4. The maximum atomic E-state index is 13.0. The predicted octanol–water partition coefficient (Wildman–Crippen LogP) is 3.89. The number of nitrogens with one attached hydrogen (secondary N) is 1. The summed E-state index contributed by atoms with van der Waals surface area (Å²) in [6, 6.07) is 7.91. The molecule has 3 aromatic rings. The first-order valence-electron chi connectivity index (χ1n) is 10.9. The zero-order valence-electron chi connectivity index (χ0n) is 18.5. The van der Waals surface area contributed by atoms with Gasteiger partial charge in [-0.25, -0.2) is 14.8 Å². The molecule has 0 spiro atoms. The normalized spacial score (nSPS) is 16.5. The van der Waals surface area contributed by atoms with Gasteiger partial charge in [0.25, 0.3) is 0 Å². The van der Waals surface area contributed by atoms with Crippen LogP contribution < -0.4 is 15.1 Å². The van der Waals surface area contributed by atoms with Gasteiger partial charge >= 0.3 is 6.09 Å². The molecule has 172 valence electrons. The summed E-state index contributed by atoms with van der Waals surface area (Å²) in [5, 5.41) is 3.31. The lowest BCUT2D eigenvalue weighted by Crippen LogP contribution is -2.44. The maximum Gasteiger partial charge on any atom is 0.414 e. The Bertz CT molecular complexity index is 1210. The van der Waals surface area contributed by atoms with Crippen molar-refractivity contribution in [3.05, 3.63) is 30.5 Å². The molecule has 4 heterocycles. The standard InChI is InChI=1S/C23H25N5O4S/c1-14(29)25-22-26-18-4-3-15(12-20(18)33-22)16-11-19-21(24-13-16)27(2)7-8-28(19)23(30)32-17-5-9-31-10-6-17/h3-4,11-13,17H,5-10H2,1-2H3,(H,25,26,29). The van der Waals surface area contributed by atoms with E-state index in [-0.39, 0.29) is 18.1 Å². The van der Waals surface area contributed by atoms with Crippen LogP contribution in [0.15, 0.2) is 30.5 Å². The molecule has 2 aromatic heterocycles. The zero-order chi connectivity index (χ0) is 22.9. The van der Waals surface area contributed by atoms with Crippen LogP contribution in [0.5, 0.6) is 0 Å². The summed E-state index contributed by atoms with van der Waals surface area (Å²) >= 11 is 1.42. The van der Waals surface area contributed by atoms with Gasteiger partial charge in [0.15, 0.2) is 10.9 Å². The van der Waals surface area contributed by atoms with Crippen LogP contribution >= 0.6 is 11.3 Å². The molecule has 0 saturated carbocycles. The van der Waals surface area contributed by atoms with E-state index < -0.39 is 0 Å². The van der Waals surface area contributed by atoms with Crippen molar-refractivity contribution in [1.82, 2.24) is 9.97 Å². The molecule has 0 unspecified atom stereocenters. The molecular formula is C23H25N5O4S. The second-order valence-corrected chi connectivity index (χ2v) is 9.25. The number of fused-ring (bicyclic) bond motifs is 2. The molecule has 0 radical (unpaired) electrons. The number of benzene rings is 1. The number of hydrogen-bond donors (Lipinski definition) is 1. The van der Waals surface area contributed by atoms with Gasteiger partial charge in [0.05, 0.1) is 29.1 Å². The first-order chi connectivity index (χ1) is 16.0. The molecule has 0 bridgehead atoms. The van der Waals surface area contributed by atoms with Crippen LogP contribution in [0.2, 0.25) is 0 Å². The van der Waals surface area contributed by atoms with Gasteiger partial charge in [0.1, 0.15) is 6.10 Å². The molecule has 1 N–H and O–H groups in total. The van der Waals surface area contributed by atoms with Crippen LogP contribution in [0.4, 0.5) is 21.4 Å². The van der Waals surface area contributed by atoms with E-state index in [0.29, 0.717) is 31.4 Å². The molecule has 5 rings (SSSR count). The van der Waals surface area contributed by atoms with Gasteiger partial charge in [-0.15, -0.1) is 0 Å². The van der Waals surface area contributed by atoms with Crippen LogP contribution in [0.3, 0.4) is 0 Å². The Morgan fingerprint density at radius 2 is 2.00 bits per heavy atom. The zero-order valence-corrected chi connectivity index (χ0v) is 19.4. The minimum atomic E-state index is -0.340. The molecule has 0 aliphatic carbocycles. The van der Waals surface area contributed by atoms with E-state index >= 15 is 0 Å². The fraction of sp³-hybridized carbons (Fsp3) is 0.391. The second kappa shape index (κ2) is 8.95. The molecule has 1 aromatic carbocycles. The van der Waals surface area contributed by atoms with Gasteiger partial charge in [0, 0.05) is 51.7 Å². The van der Waals surface area contributed by atoms with E-state index in [1.807, 2.05) is 42.4 Å². The highest BCUT2D eigenvalue weighted by Gasteiger charge is 2.30. The average molecular weight is 468 g/mol. The number of carbonyl (C=O) groups excluding carboxylic acids is 2. The van der Waals surface area contributed by atoms with Crippen LogP contribution in [-0.2, 0) is 14.3 Å². The SMILES string of the molecule is CC(=O)Nc1nc2ccc(-c3cnc4c(c3)N(C(=O)OC3CCOCC3)CCN4C)cc2s1. The number of ether oxygens (including phenoxy) is 2. The number of anilines is 3. The molecule has 1 saturated heterocycles. The number of rotatable bonds is 3. The Balaban J connectivity index is 1.45. The fourth-order valence-corrected chi connectivity index (χ4v) is 5.02. The van der Waals surface area contributed by atoms with Crippen molar-refractivity contribution in [1.29, 1.82) is 0 Å². The Morgan fingerprint density at radius 1 is 1.18 bits per heavy atom. The van der Waals surface area contributed by atoms with E-state index in [9.17, 15) is 9.59 Å². The van der Waals surface area contributed by atoms with Crippen LogP contribution in [0.25, 0.3) is 21.3 Å². The number of pyridine rings is 1. The summed E-state index contributed by atoms with van der Waals surface area (Å²) in [4.78, 5) is 37.2. The average Bonchev–Trinajstić information content (AvgIpc) is 3.20. The number of amides is 2. The highest BCUT2D eigenvalue weighted by Crippen LogP contribution is 2.36. The summed E-state index contributed by atoms with van der Waals surface area (Å²) < 4.78 is 12.1. The van der Waals surface area contributed by atoms with Gasteiger partial charge in [0.2, 0.25) is 5.91 Å². The third-order valence-electron chi connectivity index (χ3n) is 5.82. The summed E-state index contributed by atoms with van der Waals surface area (Å²) in [7, 11) is 1.97. The van der Waals surface area contributed by atoms with Crippen molar-refractivity contribution in [3.63, 3.8) is 0 Å². The van der Waals surface area contributed by atoms with Crippen molar-refractivity contribution in [2.75, 3.05) is 48.5 Å². The first-order valence-corrected chi connectivity index (χ1v) is 11.8. The van der Waals surface area contributed by atoms with E-state index in [1.165, 1.54) is 18.3 Å². The van der Waals surface area contributed by atoms with Gasteiger partial charge < -0.3 is 19.7 Å². The smallest absolute Gasteiger partial charge is 0.414 e. The monoisotopic (exact) mass is 467 g/mol. The quantitative estimate of drug-likeness (QED) is 0.624. The summed E-state index contributed by atoms with van der Waals surface area (Å²) in [5.74, 6) is 0.603. The molecule has 2 aliphatic heterocycles. The van der Waals surface area contributed by atoms with Crippen LogP contribution in [0, 0.1) is 0 Å². The first kappa shape index (κ1) is 21.6. The number of likely N-dealkylation sites (N-methyl/N-ethyl adjacent to an activating group) is 1. The maximum absolute atomic E-state index is 13.0. The third-order valence-corrected chi connectivity index (χ3v) is 6.75. The van der Waals surface area contributed by atoms with Gasteiger partial charge in [-0.2, -0.15) is 0 Å². The van der Waals surface area contributed by atoms with Gasteiger partial charge in [-0.1, -0.05) is 17.4 Å². The molecule has 33 heavy (non-hydrogen) atoms. The number of thiazole rings is 1. The second-order valence-electron chi connectivity index (χ2n) is 8.22. The Hall–Kier alpha value is -3.24. The Morgan fingerprint density at radius 3 is 2.79 bits per heavy atom. The van der Waals surface area contributed by atoms with E-state index in [1.54, 1.807) is 4.90 Å². The van der Waals surface area contributed by atoms with Crippen LogP contribution in [0.1, 0.15) is 19.8 Å². The van der Waals surface area contributed by atoms with Gasteiger partial charge in [-0.05, 0) is 23.8 Å². The van der Waals surface area contributed by atoms with Crippen LogP contribution in [-0.4, -0.2) is 61.4 Å². The largest absolute Gasteiger partial charge is 0.446 e. The molecule has 1 fully saturated rings.